The number of aryl methyl sites for hydroxylation is 2. The van der Waals surface area contributed by atoms with Crippen LogP contribution in [0.25, 0.3) is 0 Å². The molecule has 2 N–H and O–H groups in total. The summed E-state index contributed by atoms with van der Waals surface area (Å²) in [4.78, 5) is 2.58. The molecule has 1 atom stereocenters. The predicted octanol–water partition coefficient (Wildman–Crippen LogP) is 3.71. The van der Waals surface area contributed by atoms with Crippen LogP contribution in [0.15, 0.2) is 18.2 Å². The van der Waals surface area contributed by atoms with E-state index in [1.807, 2.05) is 0 Å². The molecule has 1 saturated heterocycles. The molecule has 1 aromatic rings. The van der Waals surface area contributed by atoms with Crippen LogP contribution in [0.3, 0.4) is 0 Å². The molecule has 122 valence electrons. The molecule has 3 nitrogen and oxygen atoms in total. The Balaban J connectivity index is 1.65. The predicted molar refractivity (Wildman–Crippen MR) is 99.6 cm³/mol. The fourth-order valence-electron chi connectivity index (χ4n) is 3.22. The fourth-order valence-corrected chi connectivity index (χ4v) is 3.44. The minimum Gasteiger partial charge on any atom is -0.362 e. The van der Waals surface area contributed by atoms with Gasteiger partial charge in [-0.25, -0.2) is 0 Å². The van der Waals surface area contributed by atoms with Crippen molar-refractivity contribution in [3.05, 3.63) is 29.3 Å². The van der Waals surface area contributed by atoms with Crippen molar-refractivity contribution in [2.45, 2.75) is 40.0 Å². The van der Waals surface area contributed by atoms with Crippen LogP contribution < -0.4 is 10.6 Å². The van der Waals surface area contributed by atoms with Gasteiger partial charge in [0.1, 0.15) is 0 Å². The minimum absolute atomic E-state index is 0.719. The van der Waals surface area contributed by atoms with E-state index in [0.717, 1.165) is 29.7 Å². The van der Waals surface area contributed by atoms with Gasteiger partial charge in [-0.3, -0.25) is 0 Å². The maximum absolute atomic E-state index is 5.38. The normalized spacial score (nSPS) is 19.0. The third-order valence-corrected chi connectivity index (χ3v) is 4.40. The van der Waals surface area contributed by atoms with Gasteiger partial charge in [0.25, 0.3) is 0 Å². The topological polar surface area (TPSA) is 27.3 Å². The molecule has 1 aromatic carbocycles. The maximum Gasteiger partial charge on any atom is 0.170 e. The van der Waals surface area contributed by atoms with E-state index < -0.39 is 0 Å². The Hall–Kier alpha value is -1.13. The van der Waals surface area contributed by atoms with Crippen LogP contribution in [0.1, 0.15) is 37.3 Å². The molecule has 0 radical (unpaired) electrons. The molecule has 0 aromatic heterocycles. The molecule has 1 aliphatic rings. The van der Waals surface area contributed by atoms with Crippen LogP contribution in [0.2, 0.25) is 0 Å². The van der Waals surface area contributed by atoms with Crippen molar-refractivity contribution in [1.82, 2.24) is 10.2 Å². The summed E-state index contributed by atoms with van der Waals surface area (Å²) in [6.45, 7) is 11.2. The van der Waals surface area contributed by atoms with Crippen LogP contribution in [-0.4, -0.2) is 36.2 Å². The summed E-state index contributed by atoms with van der Waals surface area (Å²) >= 11 is 5.38. The second-order valence-corrected chi connectivity index (χ2v) is 7.07. The molecule has 0 aliphatic carbocycles. The maximum atomic E-state index is 5.38. The second kappa shape index (κ2) is 8.49. The van der Waals surface area contributed by atoms with Gasteiger partial charge in [0.2, 0.25) is 0 Å². The lowest BCUT2D eigenvalue weighted by atomic mass is 10.0. The largest absolute Gasteiger partial charge is 0.362 e. The second-order valence-electron chi connectivity index (χ2n) is 6.66. The first-order valence-electron chi connectivity index (χ1n) is 8.38. The number of anilines is 1. The van der Waals surface area contributed by atoms with Gasteiger partial charge in [0.15, 0.2) is 5.11 Å². The first-order valence-corrected chi connectivity index (χ1v) is 8.79. The average Bonchev–Trinajstić information content (AvgIpc) is 2.42. The van der Waals surface area contributed by atoms with E-state index in [1.165, 1.54) is 43.6 Å². The SMILES string of the molecule is Cc1cc(C)cc(NC(=S)NCCCN2CCC[C@@H](C)C2)c1. The number of likely N-dealkylation sites (tertiary alicyclic amines) is 1. The Kier molecular flexibility index (Phi) is 6.65. The molecule has 1 aliphatic heterocycles. The minimum atomic E-state index is 0.719. The van der Waals surface area contributed by atoms with Gasteiger partial charge in [-0.2, -0.15) is 0 Å². The van der Waals surface area contributed by atoms with Gasteiger partial charge < -0.3 is 15.5 Å². The number of piperidine rings is 1. The molecule has 0 amide bonds. The highest BCUT2D eigenvalue weighted by molar-refractivity contribution is 7.80. The van der Waals surface area contributed by atoms with Crippen molar-refractivity contribution >= 4 is 23.0 Å². The number of nitrogens with one attached hydrogen (secondary N) is 2. The Labute approximate surface area is 140 Å². The average molecular weight is 320 g/mol. The molecule has 0 saturated carbocycles. The van der Waals surface area contributed by atoms with Crippen LogP contribution >= 0.6 is 12.2 Å². The fraction of sp³-hybridized carbons (Fsp3) is 0.611. The van der Waals surface area contributed by atoms with Crippen LogP contribution in [0.4, 0.5) is 5.69 Å². The lowest BCUT2D eigenvalue weighted by Crippen LogP contribution is -2.37. The Morgan fingerprint density at radius 2 is 2.00 bits per heavy atom. The summed E-state index contributed by atoms with van der Waals surface area (Å²) in [5.74, 6) is 0.856. The molecule has 1 fully saturated rings. The standard InChI is InChI=1S/C18H29N3S/c1-14-6-4-8-21(13-14)9-5-7-19-18(22)20-17-11-15(2)10-16(3)12-17/h10-12,14H,4-9,13H2,1-3H3,(H2,19,20,22)/t14-/m1/s1. The van der Waals surface area contributed by atoms with Crippen LogP contribution in [0, 0.1) is 19.8 Å². The first-order chi connectivity index (χ1) is 10.5. The summed E-state index contributed by atoms with van der Waals surface area (Å²) in [5.41, 5.74) is 3.58. The van der Waals surface area contributed by atoms with Gasteiger partial charge in [-0.05, 0) is 87.6 Å². The van der Waals surface area contributed by atoms with Gasteiger partial charge in [0, 0.05) is 18.8 Å². The van der Waals surface area contributed by atoms with Crippen molar-refractivity contribution in [2.75, 3.05) is 31.5 Å². The van der Waals surface area contributed by atoms with Crippen LogP contribution in [-0.2, 0) is 0 Å². The molecule has 0 bridgehead atoms. The molecule has 1 heterocycles. The number of rotatable bonds is 5. The monoisotopic (exact) mass is 319 g/mol. The number of hydrogen-bond donors (Lipinski definition) is 2. The van der Waals surface area contributed by atoms with Crippen molar-refractivity contribution in [3.8, 4) is 0 Å². The molecule has 4 heteroatoms. The van der Waals surface area contributed by atoms with E-state index >= 15 is 0 Å². The smallest absolute Gasteiger partial charge is 0.170 e. The Bertz CT molecular complexity index is 481. The zero-order valence-corrected chi connectivity index (χ0v) is 14.9. The summed E-state index contributed by atoms with van der Waals surface area (Å²) in [5, 5.41) is 7.31. The van der Waals surface area contributed by atoms with E-state index in [2.05, 4.69) is 54.5 Å². The summed E-state index contributed by atoms with van der Waals surface area (Å²) < 4.78 is 0. The Morgan fingerprint density at radius 1 is 1.27 bits per heavy atom. The third-order valence-electron chi connectivity index (χ3n) is 4.16. The molecular weight excluding hydrogens is 290 g/mol. The quantitative estimate of drug-likeness (QED) is 0.639. The van der Waals surface area contributed by atoms with Crippen molar-refractivity contribution in [2.24, 2.45) is 5.92 Å². The number of nitrogens with zero attached hydrogens (tertiary/aromatic N) is 1. The highest BCUT2D eigenvalue weighted by atomic mass is 32.1. The van der Waals surface area contributed by atoms with Crippen molar-refractivity contribution in [3.63, 3.8) is 0 Å². The molecule has 22 heavy (non-hydrogen) atoms. The lowest BCUT2D eigenvalue weighted by molar-refractivity contribution is 0.182. The molecule has 2 rings (SSSR count). The molecule has 0 spiro atoms. The molecule has 0 unspecified atom stereocenters. The third kappa shape index (κ3) is 5.93. The number of benzene rings is 1. The lowest BCUT2D eigenvalue weighted by Gasteiger charge is -2.30. The van der Waals surface area contributed by atoms with Crippen LogP contribution in [0.5, 0.6) is 0 Å². The highest BCUT2D eigenvalue weighted by Crippen LogP contribution is 2.15. The van der Waals surface area contributed by atoms with E-state index in [1.54, 1.807) is 0 Å². The summed E-state index contributed by atoms with van der Waals surface area (Å²) in [6.07, 6.45) is 3.88. The summed E-state index contributed by atoms with van der Waals surface area (Å²) in [6, 6.07) is 6.41. The zero-order valence-electron chi connectivity index (χ0n) is 14.1. The van der Waals surface area contributed by atoms with Gasteiger partial charge in [0.05, 0.1) is 0 Å². The number of hydrogen-bond acceptors (Lipinski definition) is 2. The van der Waals surface area contributed by atoms with E-state index in [-0.39, 0.29) is 0 Å². The van der Waals surface area contributed by atoms with Gasteiger partial charge in [-0.1, -0.05) is 13.0 Å². The zero-order chi connectivity index (χ0) is 15.9. The van der Waals surface area contributed by atoms with Crippen molar-refractivity contribution < 1.29 is 0 Å². The van der Waals surface area contributed by atoms with Gasteiger partial charge >= 0.3 is 0 Å². The first kappa shape index (κ1) is 17.2. The van der Waals surface area contributed by atoms with E-state index in [0.29, 0.717) is 0 Å². The Morgan fingerprint density at radius 3 is 2.68 bits per heavy atom. The van der Waals surface area contributed by atoms with E-state index in [9.17, 15) is 0 Å². The highest BCUT2D eigenvalue weighted by Gasteiger charge is 2.15. The molecular formula is C18H29N3S. The van der Waals surface area contributed by atoms with Crippen molar-refractivity contribution in [1.29, 1.82) is 0 Å². The van der Waals surface area contributed by atoms with E-state index in [4.69, 9.17) is 12.2 Å². The van der Waals surface area contributed by atoms with Gasteiger partial charge in [-0.15, -0.1) is 0 Å². The number of thiocarbonyl (C=S) groups is 1. The summed E-state index contributed by atoms with van der Waals surface area (Å²) in [7, 11) is 0.